The molecule has 1 saturated carbocycles. The van der Waals surface area contributed by atoms with Crippen molar-refractivity contribution in [2.75, 3.05) is 5.32 Å². The summed E-state index contributed by atoms with van der Waals surface area (Å²) in [4.78, 5) is 11.2. The first-order valence-electron chi connectivity index (χ1n) is 6.19. The molecule has 3 nitrogen and oxygen atoms in total. The van der Waals surface area contributed by atoms with Crippen molar-refractivity contribution in [1.29, 1.82) is 0 Å². The van der Waals surface area contributed by atoms with Crippen molar-refractivity contribution < 1.29 is 9.90 Å². The zero-order valence-electron chi connectivity index (χ0n) is 10.7. The first-order valence-corrected chi connectivity index (χ1v) is 6.57. The SMILES string of the molecule is CC1(C)CCCC1Nc1cc(Cl)ccc1C(=O)O. The van der Waals surface area contributed by atoms with Crippen LogP contribution in [0.2, 0.25) is 5.02 Å². The average Bonchev–Trinajstić information content (AvgIpc) is 2.58. The molecule has 0 radical (unpaired) electrons. The summed E-state index contributed by atoms with van der Waals surface area (Å²) in [6.45, 7) is 4.42. The van der Waals surface area contributed by atoms with Crippen LogP contribution in [0.5, 0.6) is 0 Å². The van der Waals surface area contributed by atoms with Crippen LogP contribution >= 0.6 is 11.6 Å². The molecule has 0 amide bonds. The van der Waals surface area contributed by atoms with Gasteiger partial charge in [-0.25, -0.2) is 4.79 Å². The maximum Gasteiger partial charge on any atom is 0.337 e. The minimum absolute atomic E-state index is 0.193. The average molecular weight is 268 g/mol. The van der Waals surface area contributed by atoms with Gasteiger partial charge in [0.25, 0.3) is 0 Å². The van der Waals surface area contributed by atoms with Crippen molar-refractivity contribution in [2.45, 2.75) is 39.2 Å². The number of rotatable bonds is 3. The van der Waals surface area contributed by atoms with E-state index in [1.807, 2.05) is 0 Å². The van der Waals surface area contributed by atoms with E-state index in [0.29, 0.717) is 16.8 Å². The number of carboxylic acid groups (broad SMARTS) is 1. The highest BCUT2D eigenvalue weighted by Gasteiger charge is 2.34. The molecule has 1 atom stereocenters. The van der Waals surface area contributed by atoms with E-state index in [2.05, 4.69) is 19.2 Å². The molecule has 0 saturated heterocycles. The van der Waals surface area contributed by atoms with Crippen LogP contribution in [-0.4, -0.2) is 17.1 Å². The summed E-state index contributed by atoms with van der Waals surface area (Å²) in [5.74, 6) is -0.926. The Balaban J connectivity index is 2.28. The second-order valence-corrected chi connectivity index (χ2v) is 6.01. The van der Waals surface area contributed by atoms with Crippen LogP contribution in [0.4, 0.5) is 5.69 Å². The van der Waals surface area contributed by atoms with Crippen LogP contribution in [-0.2, 0) is 0 Å². The normalized spacial score (nSPS) is 21.8. The van der Waals surface area contributed by atoms with Crippen LogP contribution < -0.4 is 5.32 Å². The van der Waals surface area contributed by atoms with E-state index in [4.69, 9.17) is 11.6 Å². The molecule has 0 bridgehead atoms. The van der Waals surface area contributed by atoms with Gasteiger partial charge in [0.05, 0.1) is 11.3 Å². The van der Waals surface area contributed by atoms with Gasteiger partial charge in [-0.1, -0.05) is 31.9 Å². The monoisotopic (exact) mass is 267 g/mol. The number of hydrogen-bond acceptors (Lipinski definition) is 2. The lowest BCUT2D eigenvalue weighted by Gasteiger charge is -2.29. The van der Waals surface area contributed by atoms with Crippen molar-refractivity contribution in [3.05, 3.63) is 28.8 Å². The summed E-state index contributed by atoms with van der Waals surface area (Å²) in [5.41, 5.74) is 1.09. The van der Waals surface area contributed by atoms with Crippen LogP contribution in [0.15, 0.2) is 18.2 Å². The van der Waals surface area contributed by atoms with Crippen molar-refractivity contribution in [3.8, 4) is 0 Å². The third-order valence-corrected chi connectivity index (χ3v) is 4.03. The molecule has 0 aliphatic heterocycles. The molecule has 2 rings (SSSR count). The van der Waals surface area contributed by atoms with E-state index in [-0.39, 0.29) is 11.0 Å². The van der Waals surface area contributed by atoms with Gasteiger partial charge in [0.2, 0.25) is 0 Å². The van der Waals surface area contributed by atoms with E-state index in [0.717, 1.165) is 12.8 Å². The maximum atomic E-state index is 11.2. The van der Waals surface area contributed by atoms with Crippen molar-refractivity contribution >= 4 is 23.3 Å². The number of aromatic carboxylic acids is 1. The molecule has 4 heteroatoms. The number of carbonyl (C=O) groups is 1. The zero-order valence-corrected chi connectivity index (χ0v) is 11.4. The molecule has 1 fully saturated rings. The number of benzene rings is 1. The Kier molecular flexibility index (Phi) is 3.53. The standard InChI is InChI=1S/C14H18ClNO2/c1-14(2)7-3-4-12(14)16-11-8-9(15)5-6-10(11)13(17)18/h5-6,8,12,16H,3-4,7H2,1-2H3,(H,17,18). The lowest BCUT2D eigenvalue weighted by molar-refractivity contribution is 0.0698. The van der Waals surface area contributed by atoms with Gasteiger partial charge in [-0.3, -0.25) is 0 Å². The molecule has 0 spiro atoms. The smallest absolute Gasteiger partial charge is 0.337 e. The van der Waals surface area contributed by atoms with Gasteiger partial charge in [-0.15, -0.1) is 0 Å². The van der Waals surface area contributed by atoms with E-state index in [9.17, 15) is 9.90 Å². The fraction of sp³-hybridized carbons (Fsp3) is 0.500. The number of hydrogen-bond donors (Lipinski definition) is 2. The molecule has 1 aliphatic rings. The Bertz CT molecular complexity index is 471. The Morgan fingerprint density at radius 3 is 2.78 bits per heavy atom. The lowest BCUT2D eigenvalue weighted by Crippen LogP contribution is -2.31. The molecule has 0 aromatic heterocycles. The fourth-order valence-electron chi connectivity index (χ4n) is 2.60. The number of halogens is 1. The summed E-state index contributed by atoms with van der Waals surface area (Å²) in [6, 6.07) is 5.15. The second kappa shape index (κ2) is 4.81. The molecule has 1 aliphatic carbocycles. The van der Waals surface area contributed by atoms with Gasteiger partial charge in [-0.05, 0) is 36.5 Å². The number of nitrogens with one attached hydrogen (secondary N) is 1. The van der Waals surface area contributed by atoms with Gasteiger partial charge in [0.15, 0.2) is 0 Å². The predicted molar refractivity (Wildman–Crippen MR) is 73.5 cm³/mol. The first-order chi connectivity index (χ1) is 8.40. The summed E-state index contributed by atoms with van der Waals surface area (Å²) in [5, 5.41) is 13.1. The fourth-order valence-corrected chi connectivity index (χ4v) is 2.78. The van der Waals surface area contributed by atoms with Crippen LogP contribution in [0.25, 0.3) is 0 Å². The number of carboxylic acids is 1. The van der Waals surface area contributed by atoms with Crippen LogP contribution in [0.1, 0.15) is 43.5 Å². The molecule has 1 aromatic carbocycles. The Morgan fingerprint density at radius 1 is 1.50 bits per heavy atom. The molecule has 98 valence electrons. The highest BCUT2D eigenvalue weighted by Crippen LogP contribution is 2.39. The predicted octanol–water partition coefficient (Wildman–Crippen LogP) is 4.03. The maximum absolute atomic E-state index is 11.2. The molecule has 2 N–H and O–H groups in total. The van der Waals surface area contributed by atoms with Crippen LogP contribution in [0.3, 0.4) is 0 Å². The minimum atomic E-state index is -0.926. The molecule has 1 unspecified atom stereocenters. The van der Waals surface area contributed by atoms with E-state index >= 15 is 0 Å². The lowest BCUT2D eigenvalue weighted by atomic mass is 9.87. The molecule has 18 heavy (non-hydrogen) atoms. The molecular weight excluding hydrogens is 250 g/mol. The van der Waals surface area contributed by atoms with Gasteiger partial charge >= 0.3 is 5.97 Å². The van der Waals surface area contributed by atoms with Gasteiger partial charge in [0.1, 0.15) is 0 Å². The summed E-state index contributed by atoms with van der Waals surface area (Å²) in [7, 11) is 0. The van der Waals surface area contributed by atoms with E-state index in [1.54, 1.807) is 18.2 Å². The first kappa shape index (κ1) is 13.2. The summed E-state index contributed by atoms with van der Waals surface area (Å²) < 4.78 is 0. The van der Waals surface area contributed by atoms with E-state index < -0.39 is 5.97 Å². The minimum Gasteiger partial charge on any atom is -0.478 e. The second-order valence-electron chi connectivity index (χ2n) is 5.57. The number of anilines is 1. The third-order valence-electron chi connectivity index (χ3n) is 3.80. The summed E-state index contributed by atoms with van der Waals surface area (Å²) >= 11 is 5.95. The van der Waals surface area contributed by atoms with Crippen molar-refractivity contribution in [2.24, 2.45) is 5.41 Å². The third kappa shape index (κ3) is 2.61. The van der Waals surface area contributed by atoms with Crippen molar-refractivity contribution in [1.82, 2.24) is 0 Å². The summed E-state index contributed by atoms with van der Waals surface area (Å²) in [6.07, 6.45) is 3.40. The van der Waals surface area contributed by atoms with E-state index in [1.165, 1.54) is 6.42 Å². The largest absolute Gasteiger partial charge is 0.478 e. The Hall–Kier alpha value is -1.22. The topological polar surface area (TPSA) is 49.3 Å². The quantitative estimate of drug-likeness (QED) is 0.869. The van der Waals surface area contributed by atoms with Gasteiger partial charge in [0, 0.05) is 11.1 Å². The molecule has 1 aromatic rings. The zero-order chi connectivity index (χ0) is 13.3. The molecule has 0 heterocycles. The molecular formula is C14H18ClNO2. The van der Waals surface area contributed by atoms with Crippen LogP contribution in [0, 0.1) is 5.41 Å². The Morgan fingerprint density at radius 2 is 2.22 bits per heavy atom. The Labute approximate surface area is 112 Å². The van der Waals surface area contributed by atoms with Gasteiger partial charge in [-0.2, -0.15) is 0 Å². The highest BCUT2D eigenvalue weighted by atomic mass is 35.5. The van der Waals surface area contributed by atoms with Gasteiger partial charge < -0.3 is 10.4 Å². The van der Waals surface area contributed by atoms with Crippen molar-refractivity contribution in [3.63, 3.8) is 0 Å². The highest BCUT2D eigenvalue weighted by molar-refractivity contribution is 6.31.